The Balaban J connectivity index is 2.19. The van der Waals surface area contributed by atoms with Gasteiger partial charge in [0.15, 0.2) is 5.84 Å². The summed E-state index contributed by atoms with van der Waals surface area (Å²) in [6, 6.07) is 7.88. The molecule has 0 radical (unpaired) electrons. The van der Waals surface area contributed by atoms with Gasteiger partial charge in [0.2, 0.25) is 0 Å². The van der Waals surface area contributed by atoms with Gasteiger partial charge in [-0.15, -0.1) is 8.80 Å². The van der Waals surface area contributed by atoms with E-state index in [0.717, 1.165) is 12.1 Å². The summed E-state index contributed by atoms with van der Waals surface area (Å²) in [5, 5.41) is 3.00. The Labute approximate surface area is 113 Å². The normalized spacial score (nSPS) is 17.3. The van der Waals surface area contributed by atoms with Crippen LogP contribution < -0.4 is 5.32 Å². The van der Waals surface area contributed by atoms with E-state index in [1.165, 1.54) is 5.56 Å². The number of nitrogens with one attached hydrogen (secondary N) is 1. The second-order valence-corrected chi connectivity index (χ2v) is 6.25. The molecule has 0 spiro atoms. The lowest BCUT2D eigenvalue weighted by Crippen LogP contribution is -2.17. The molecule has 19 heavy (non-hydrogen) atoms. The summed E-state index contributed by atoms with van der Waals surface area (Å²) in [6.07, 6.45) is 0.980. The molecular formula is C13H17N3O2S. The van der Waals surface area contributed by atoms with Crippen molar-refractivity contribution in [2.24, 2.45) is 14.7 Å². The Kier molecular flexibility index (Phi) is 3.71. The Morgan fingerprint density at radius 1 is 1.26 bits per heavy atom. The maximum Gasteiger partial charge on any atom is 0.365 e. The van der Waals surface area contributed by atoms with Crippen molar-refractivity contribution in [1.29, 1.82) is 0 Å². The highest BCUT2D eigenvalue weighted by molar-refractivity contribution is 7.89. The highest BCUT2D eigenvalue weighted by Gasteiger charge is 2.20. The SMILES string of the molecule is CC1=NS(=O)(=O)N=C1Nc1cccc(CC(C)C)c1. The van der Waals surface area contributed by atoms with Crippen LogP contribution in [0.3, 0.4) is 0 Å². The molecule has 5 nitrogen and oxygen atoms in total. The van der Waals surface area contributed by atoms with Crippen LogP contribution in [0.2, 0.25) is 0 Å². The minimum Gasteiger partial charge on any atom is -0.338 e. The molecule has 2 rings (SSSR count). The zero-order chi connectivity index (χ0) is 14.0. The predicted octanol–water partition coefficient (Wildman–Crippen LogP) is 2.41. The van der Waals surface area contributed by atoms with Crippen LogP contribution in [0, 0.1) is 5.92 Å². The quantitative estimate of drug-likeness (QED) is 0.923. The fourth-order valence-electron chi connectivity index (χ4n) is 1.92. The van der Waals surface area contributed by atoms with E-state index in [1.807, 2.05) is 18.2 Å². The summed E-state index contributed by atoms with van der Waals surface area (Å²) in [5.74, 6) is 0.865. The second-order valence-electron chi connectivity index (χ2n) is 4.99. The van der Waals surface area contributed by atoms with Crippen molar-refractivity contribution in [2.45, 2.75) is 27.2 Å². The lowest BCUT2D eigenvalue weighted by Gasteiger charge is -2.09. The molecule has 1 aliphatic heterocycles. The van der Waals surface area contributed by atoms with Gasteiger partial charge in [-0.2, -0.15) is 8.42 Å². The molecule has 1 N–H and O–H groups in total. The lowest BCUT2D eigenvalue weighted by molar-refractivity contribution is 0.601. The van der Waals surface area contributed by atoms with E-state index >= 15 is 0 Å². The molecule has 0 unspecified atom stereocenters. The van der Waals surface area contributed by atoms with Crippen LogP contribution in [0.1, 0.15) is 26.3 Å². The first-order valence-corrected chi connectivity index (χ1v) is 7.53. The number of benzene rings is 1. The van der Waals surface area contributed by atoms with Crippen LogP contribution >= 0.6 is 0 Å². The first-order chi connectivity index (χ1) is 8.85. The maximum atomic E-state index is 11.2. The monoisotopic (exact) mass is 279 g/mol. The molecule has 0 aromatic heterocycles. The molecule has 0 saturated carbocycles. The van der Waals surface area contributed by atoms with Gasteiger partial charge in [0.05, 0.1) is 5.71 Å². The van der Waals surface area contributed by atoms with Crippen LogP contribution in [-0.4, -0.2) is 20.0 Å². The Bertz CT molecular complexity index is 646. The summed E-state index contributed by atoms with van der Waals surface area (Å²) in [7, 11) is -3.68. The number of hydrogen-bond acceptors (Lipinski definition) is 3. The third-order valence-corrected chi connectivity index (χ3v) is 3.55. The standard InChI is InChI=1S/C13H17N3O2S/c1-9(2)7-11-5-4-6-12(8-11)14-13-10(3)15-19(17,18)16-13/h4-6,8-9H,7H2,1-3H3,(H,14,16). The molecule has 1 aromatic rings. The molecule has 0 bridgehead atoms. The minimum absolute atomic E-state index is 0.293. The number of hydrogen-bond donors (Lipinski definition) is 1. The Morgan fingerprint density at radius 2 is 2.00 bits per heavy atom. The topological polar surface area (TPSA) is 70.9 Å². The Hall–Kier alpha value is -1.69. The third-order valence-electron chi connectivity index (χ3n) is 2.64. The molecule has 1 aromatic carbocycles. The van der Waals surface area contributed by atoms with Crippen LogP contribution in [0.15, 0.2) is 33.1 Å². The first-order valence-electron chi connectivity index (χ1n) is 6.13. The van der Waals surface area contributed by atoms with Gasteiger partial charge in [-0.3, -0.25) is 0 Å². The Morgan fingerprint density at radius 3 is 2.58 bits per heavy atom. The molecule has 0 saturated heterocycles. The van der Waals surface area contributed by atoms with Gasteiger partial charge in [0.1, 0.15) is 0 Å². The summed E-state index contributed by atoms with van der Waals surface area (Å²) in [5.41, 5.74) is 2.41. The van der Waals surface area contributed by atoms with Crippen LogP contribution in [0.4, 0.5) is 5.69 Å². The van der Waals surface area contributed by atoms with Crippen molar-refractivity contribution >= 4 is 27.4 Å². The third kappa shape index (κ3) is 3.64. The van der Waals surface area contributed by atoms with Crippen LogP contribution in [0.5, 0.6) is 0 Å². The van der Waals surface area contributed by atoms with Crippen molar-refractivity contribution in [3.05, 3.63) is 29.8 Å². The zero-order valence-corrected chi connectivity index (χ0v) is 12.0. The highest BCUT2D eigenvalue weighted by atomic mass is 32.2. The molecule has 0 fully saturated rings. The molecule has 6 heteroatoms. The minimum atomic E-state index is -3.68. The van der Waals surface area contributed by atoms with Crippen LogP contribution in [-0.2, 0) is 16.6 Å². The molecule has 0 aliphatic carbocycles. The van der Waals surface area contributed by atoms with E-state index in [9.17, 15) is 8.42 Å². The predicted molar refractivity (Wildman–Crippen MR) is 78.1 cm³/mol. The van der Waals surface area contributed by atoms with Gasteiger partial charge in [-0.1, -0.05) is 26.0 Å². The number of amidine groups is 1. The zero-order valence-electron chi connectivity index (χ0n) is 11.2. The molecule has 0 atom stereocenters. The van der Waals surface area contributed by atoms with Gasteiger partial charge < -0.3 is 5.32 Å². The average molecular weight is 279 g/mol. The van der Waals surface area contributed by atoms with E-state index in [1.54, 1.807) is 6.92 Å². The van der Waals surface area contributed by atoms with Gasteiger partial charge in [-0.25, -0.2) is 0 Å². The van der Waals surface area contributed by atoms with E-state index in [2.05, 4.69) is 34.0 Å². The maximum absolute atomic E-state index is 11.2. The van der Waals surface area contributed by atoms with Crippen molar-refractivity contribution < 1.29 is 8.42 Å². The van der Waals surface area contributed by atoms with Gasteiger partial charge >= 0.3 is 10.2 Å². The highest BCUT2D eigenvalue weighted by Crippen LogP contribution is 2.16. The number of anilines is 1. The molecule has 1 aliphatic rings. The van der Waals surface area contributed by atoms with Crippen molar-refractivity contribution in [3.63, 3.8) is 0 Å². The second kappa shape index (κ2) is 5.13. The smallest absolute Gasteiger partial charge is 0.338 e. The van der Waals surface area contributed by atoms with E-state index < -0.39 is 10.2 Å². The van der Waals surface area contributed by atoms with E-state index in [4.69, 9.17) is 0 Å². The molecule has 1 heterocycles. The summed E-state index contributed by atoms with van der Waals surface area (Å²) in [6.45, 7) is 5.93. The summed E-state index contributed by atoms with van der Waals surface area (Å²) >= 11 is 0. The van der Waals surface area contributed by atoms with Crippen LogP contribution in [0.25, 0.3) is 0 Å². The molecule has 102 valence electrons. The van der Waals surface area contributed by atoms with Gasteiger partial charge in [0.25, 0.3) is 0 Å². The fraction of sp³-hybridized carbons (Fsp3) is 0.385. The lowest BCUT2D eigenvalue weighted by atomic mass is 10.0. The first kappa shape index (κ1) is 13.7. The van der Waals surface area contributed by atoms with Crippen molar-refractivity contribution in [1.82, 2.24) is 0 Å². The number of nitrogens with zero attached hydrogens (tertiary/aromatic N) is 2. The summed E-state index contributed by atoms with van der Waals surface area (Å²) < 4.78 is 29.5. The fourth-order valence-corrected chi connectivity index (χ4v) is 2.80. The molecular weight excluding hydrogens is 262 g/mol. The van der Waals surface area contributed by atoms with Gasteiger partial charge in [-0.05, 0) is 37.0 Å². The van der Waals surface area contributed by atoms with E-state index in [-0.39, 0.29) is 0 Å². The van der Waals surface area contributed by atoms with E-state index in [0.29, 0.717) is 17.5 Å². The average Bonchev–Trinajstić information content (AvgIpc) is 2.51. The number of rotatable bonds is 3. The molecule has 0 amide bonds. The van der Waals surface area contributed by atoms with Crippen molar-refractivity contribution in [2.75, 3.05) is 5.32 Å². The summed E-state index contributed by atoms with van der Waals surface area (Å²) in [4.78, 5) is 0. The van der Waals surface area contributed by atoms with Gasteiger partial charge in [0, 0.05) is 5.69 Å². The largest absolute Gasteiger partial charge is 0.365 e. The van der Waals surface area contributed by atoms with Crippen molar-refractivity contribution in [3.8, 4) is 0 Å².